The van der Waals surface area contributed by atoms with Gasteiger partial charge in [-0.3, -0.25) is 5.43 Å². The van der Waals surface area contributed by atoms with E-state index in [4.69, 9.17) is 10.6 Å². The Morgan fingerprint density at radius 1 is 1.26 bits per heavy atom. The lowest BCUT2D eigenvalue weighted by Crippen LogP contribution is -2.28. The number of rotatable bonds is 7. The number of hydrogen-bond acceptors (Lipinski definition) is 9. The molecule has 0 aliphatic carbocycles. The second kappa shape index (κ2) is 6.45. The van der Waals surface area contributed by atoms with Crippen LogP contribution in [0.2, 0.25) is 0 Å². The van der Waals surface area contributed by atoms with Gasteiger partial charge in [-0.2, -0.15) is 15.0 Å². The first-order valence-corrected chi connectivity index (χ1v) is 6.90. The predicted octanol–water partition coefficient (Wildman–Crippen LogP) is -1.53. The maximum Gasteiger partial charge on any atom is 0.322 e. The lowest BCUT2D eigenvalue weighted by Gasteiger charge is -2.12. The highest BCUT2D eigenvalue weighted by molar-refractivity contribution is 7.89. The third-order valence-corrected chi connectivity index (χ3v) is 3.96. The molecule has 11 heteroatoms. The van der Waals surface area contributed by atoms with E-state index in [1.807, 2.05) is 0 Å². The summed E-state index contributed by atoms with van der Waals surface area (Å²) in [5, 5.41) is 2.76. The summed E-state index contributed by atoms with van der Waals surface area (Å²) in [7, 11) is 1.07. The molecule has 0 saturated carbocycles. The summed E-state index contributed by atoms with van der Waals surface area (Å²) in [6, 6.07) is 0.0703. The van der Waals surface area contributed by atoms with Gasteiger partial charge in [0.1, 0.15) is 0 Å². The molecule has 0 aliphatic rings. The van der Waals surface area contributed by atoms with Gasteiger partial charge in [-0.1, -0.05) is 0 Å². The first-order chi connectivity index (χ1) is 8.89. The van der Waals surface area contributed by atoms with E-state index >= 15 is 0 Å². The Kier molecular flexibility index (Phi) is 5.20. The highest BCUT2D eigenvalue weighted by Crippen LogP contribution is 2.09. The monoisotopic (exact) mass is 291 g/mol. The number of nitrogens with zero attached hydrogens (tertiary/aromatic N) is 4. The van der Waals surface area contributed by atoms with Crippen molar-refractivity contribution in [1.29, 1.82) is 0 Å². The van der Waals surface area contributed by atoms with Crippen LogP contribution in [-0.2, 0) is 10.0 Å². The van der Waals surface area contributed by atoms with Crippen LogP contribution in [0.3, 0.4) is 0 Å². The topological polar surface area (TPSA) is 135 Å². The number of nitrogens with two attached hydrogens (primary N) is 1. The molecule has 1 heterocycles. The lowest BCUT2D eigenvalue weighted by atomic mass is 10.7. The Balaban J connectivity index is 2.68. The second-order valence-corrected chi connectivity index (χ2v) is 5.94. The summed E-state index contributed by atoms with van der Waals surface area (Å²) in [4.78, 5) is 11.6. The van der Waals surface area contributed by atoms with Crippen molar-refractivity contribution in [3.63, 3.8) is 0 Å². The molecule has 0 aromatic carbocycles. The summed E-state index contributed by atoms with van der Waals surface area (Å²) in [5.41, 5.74) is 2.26. The SMILES string of the molecule is COc1nc(NN)nc(NCCS(=O)(=O)N(C)C)n1. The zero-order valence-corrected chi connectivity index (χ0v) is 11.7. The first-order valence-electron chi connectivity index (χ1n) is 5.30. The summed E-state index contributed by atoms with van der Waals surface area (Å²) < 4.78 is 29.1. The zero-order valence-electron chi connectivity index (χ0n) is 10.9. The molecule has 108 valence electrons. The van der Waals surface area contributed by atoms with Gasteiger partial charge in [0.2, 0.25) is 21.9 Å². The normalized spacial score (nSPS) is 11.4. The Bertz CT molecular complexity index is 497. The Morgan fingerprint density at radius 3 is 2.42 bits per heavy atom. The van der Waals surface area contributed by atoms with Gasteiger partial charge in [-0.05, 0) is 0 Å². The Hall–Kier alpha value is -1.72. The van der Waals surface area contributed by atoms with Gasteiger partial charge < -0.3 is 10.1 Å². The van der Waals surface area contributed by atoms with Gasteiger partial charge in [0.15, 0.2) is 0 Å². The van der Waals surface area contributed by atoms with Crippen LogP contribution in [0.4, 0.5) is 11.9 Å². The maximum absolute atomic E-state index is 11.5. The van der Waals surface area contributed by atoms with E-state index in [0.29, 0.717) is 0 Å². The zero-order chi connectivity index (χ0) is 14.5. The van der Waals surface area contributed by atoms with Gasteiger partial charge >= 0.3 is 6.01 Å². The molecule has 0 spiro atoms. The molecule has 10 nitrogen and oxygen atoms in total. The number of nitrogen functional groups attached to an aromatic ring is 1. The number of hydrogen-bond donors (Lipinski definition) is 3. The minimum atomic E-state index is -3.27. The fourth-order valence-electron chi connectivity index (χ4n) is 1.07. The van der Waals surface area contributed by atoms with Crippen LogP contribution in [0.15, 0.2) is 0 Å². The maximum atomic E-state index is 11.5. The number of aromatic nitrogens is 3. The smallest absolute Gasteiger partial charge is 0.322 e. The van der Waals surface area contributed by atoms with Crippen molar-refractivity contribution in [3.8, 4) is 6.01 Å². The summed E-state index contributed by atoms with van der Waals surface area (Å²) >= 11 is 0. The van der Waals surface area contributed by atoms with E-state index in [1.54, 1.807) is 0 Å². The summed E-state index contributed by atoms with van der Waals surface area (Å²) in [6.07, 6.45) is 0. The molecule has 1 rings (SSSR count). The molecule has 0 aliphatic heterocycles. The average Bonchev–Trinajstić information content (AvgIpc) is 2.37. The number of sulfonamides is 1. The van der Waals surface area contributed by atoms with Crippen LogP contribution in [0.5, 0.6) is 6.01 Å². The number of methoxy groups -OCH3 is 1. The van der Waals surface area contributed by atoms with Gasteiger partial charge in [-0.25, -0.2) is 18.6 Å². The van der Waals surface area contributed by atoms with E-state index in [-0.39, 0.29) is 30.2 Å². The van der Waals surface area contributed by atoms with Crippen molar-refractivity contribution in [2.75, 3.05) is 44.2 Å². The number of nitrogens with one attached hydrogen (secondary N) is 2. The molecule has 1 aromatic rings. The minimum absolute atomic E-state index is 0.0703. The molecule has 1 aromatic heterocycles. The van der Waals surface area contributed by atoms with Gasteiger partial charge in [-0.15, -0.1) is 0 Å². The molecule has 0 saturated heterocycles. The number of hydrazine groups is 1. The second-order valence-electron chi connectivity index (χ2n) is 3.64. The van der Waals surface area contributed by atoms with Crippen molar-refractivity contribution in [2.45, 2.75) is 0 Å². The van der Waals surface area contributed by atoms with Crippen molar-refractivity contribution in [2.24, 2.45) is 5.84 Å². The largest absolute Gasteiger partial charge is 0.467 e. The minimum Gasteiger partial charge on any atom is -0.467 e. The van der Waals surface area contributed by atoms with E-state index in [9.17, 15) is 8.42 Å². The van der Waals surface area contributed by atoms with Gasteiger partial charge in [0.05, 0.1) is 12.9 Å². The first kappa shape index (κ1) is 15.3. The molecule has 4 N–H and O–H groups in total. The van der Waals surface area contributed by atoms with Crippen LogP contribution in [0.25, 0.3) is 0 Å². The lowest BCUT2D eigenvalue weighted by molar-refractivity contribution is 0.379. The van der Waals surface area contributed by atoms with Crippen molar-refractivity contribution < 1.29 is 13.2 Å². The quantitative estimate of drug-likeness (QED) is 0.403. The fourth-order valence-corrected chi connectivity index (χ4v) is 1.79. The molecule has 0 radical (unpaired) electrons. The Labute approximate surface area is 111 Å². The third-order valence-electron chi connectivity index (χ3n) is 2.13. The van der Waals surface area contributed by atoms with Crippen molar-refractivity contribution >= 4 is 21.9 Å². The standard InChI is InChI=1S/C8H17N7O3S/c1-15(2)19(16,17)5-4-10-6-11-7(14-9)13-8(12-6)18-3/h4-5,9H2,1-3H3,(H2,10,11,12,13,14). The van der Waals surface area contributed by atoms with Gasteiger partial charge in [0, 0.05) is 20.6 Å². The van der Waals surface area contributed by atoms with Crippen LogP contribution in [0.1, 0.15) is 0 Å². The molecule has 0 bridgehead atoms. The molecular formula is C8H17N7O3S. The number of ether oxygens (including phenoxy) is 1. The summed E-state index contributed by atoms with van der Waals surface area (Å²) in [6.45, 7) is 0.150. The fraction of sp³-hybridized carbons (Fsp3) is 0.625. The van der Waals surface area contributed by atoms with Crippen LogP contribution in [0, 0.1) is 0 Å². The molecule has 0 unspecified atom stereocenters. The molecule has 19 heavy (non-hydrogen) atoms. The van der Waals surface area contributed by atoms with E-state index < -0.39 is 10.0 Å². The average molecular weight is 291 g/mol. The van der Waals surface area contributed by atoms with Crippen LogP contribution < -0.4 is 21.3 Å². The van der Waals surface area contributed by atoms with Crippen molar-refractivity contribution in [3.05, 3.63) is 0 Å². The van der Waals surface area contributed by atoms with E-state index in [2.05, 4.69) is 25.7 Å². The van der Waals surface area contributed by atoms with E-state index in [0.717, 1.165) is 4.31 Å². The highest BCUT2D eigenvalue weighted by Gasteiger charge is 2.13. The molecule has 0 amide bonds. The molecule has 0 fully saturated rings. The Morgan fingerprint density at radius 2 is 1.89 bits per heavy atom. The highest BCUT2D eigenvalue weighted by atomic mass is 32.2. The summed E-state index contributed by atoms with van der Waals surface area (Å²) in [5.74, 6) is 5.40. The van der Waals surface area contributed by atoms with Crippen LogP contribution in [-0.4, -0.2) is 61.2 Å². The molecular weight excluding hydrogens is 274 g/mol. The predicted molar refractivity (Wildman–Crippen MR) is 70.2 cm³/mol. The van der Waals surface area contributed by atoms with Crippen molar-refractivity contribution in [1.82, 2.24) is 19.3 Å². The molecule has 0 atom stereocenters. The van der Waals surface area contributed by atoms with Crippen LogP contribution >= 0.6 is 0 Å². The third kappa shape index (κ3) is 4.46. The van der Waals surface area contributed by atoms with E-state index in [1.165, 1.54) is 21.2 Å². The number of anilines is 2. The van der Waals surface area contributed by atoms with Gasteiger partial charge in [0.25, 0.3) is 0 Å².